The second-order valence-electron chi connectivity index (χ2n) is 16.8. The molecular formula is C58H36N4. The Morgan fingerprint density at radius 3 is 0.774 bits per heavy atom. The third-order valence-corrected chi connectivity index (χ3v) is 14.1. The van der Waals surface area contributed by atoms with Crippen molar-refractivity contribution in [1.29, 1.82) is 0 Å². The molecule has 2 aliphatic heterocycles. The standard InChI is InChI=1S/C58H36N4/c1-5-21-41-37(17-1)38-18-2-6-22-42(38)57(41)45-25-9-13-29-51(45)61(52-30-14-10-26-46(52)57)55-35-33-50-49(59-55)34-36-56(60-50)62-53-31-15-11-27-47(53)58(48-28-12-16-32-54(48)62)43-23-7-3-19-39(43)40-20-4-8-24-44(40)58/h1-36H. The molecule has 2 spiro atoms. The summed E-state index contributed by atoms with van der Waals surface area (Å²) in [6.45, 7) is 0. The van der Waals surface area contributed by atoms with E-state index < -0.39 is 10.8 Å². The molecule has 0 atom stereocenters. The van der Waals surface area contributed by atoms with Crippen LogP contribution in [-0.4, -0.2) is 9.97 Å². The van der Waals surface area contributed by atoms with Crippen LogP contribution in [0.5, 0.6) is 0 Å². The molecule has 2 aliphatic carbocycles. The maximum atomic E-state index is 5.43. The molecule has 62 heavy (non-hydrogen) atoms. The fraction of sp³-hybridized carbons (Fsp3) is 0.0345. The Morgan fingerprint density at radius 1 is 0.242 bits per heavy atom. The van der Waals surface area contributed by atoms with E-state index >= 15 is 0 Å². The van der Waals surface area contributed by atoms with Crippen LogP contribution in [0.25, 0.3) is 33.3 Å². The van der Waals surface area contributed by atoms with Crippen LogP contribution in [0, 0.1) is 0 Å². The predicted octanol–water partition coefficient (Wildman–Crippen LogP) is 13.9. The van der Waals surface area contributed by atoms with Gasteiger partial charge in [-0.25, -0.2) is 9.97 Å². The Balaban J connectivity index is 0.929. The molecule has 10 aromatic rings. The summed E-state index contributed by atoms with van der Waals surface area (Å²) in [5, 5.41) is 0. The summed E-state index contributed by atoms with van der Waals surface area (Å²) in [4.78, 5) is 15.6. The molecule has 0 bridgehead atoms. The molecule has 0 saturated heterocycles. The Hall–Kier alpha value is -8.08. The number of hydrogen-bond acceptors (Lipinski definition) is 4. The first-order valence-electron chi connectivity index (χ1n) is 21.4. The third-order valence-electron chi connectivity index (χ3n) is 14.1. The lowest BCUT2D eigenvalue weighted by atomic mass is 9.65. The van der Waals surface area contributed by atoms with Crippen LogP contribution in [0.15, 0.2) is 218 Å². The van der Waals surface area contributed by atoms with E-state index in [0.717, 1.165) is 45.4 Å². The average Bonchev–Trinajstić information content (AvgIpc) is 3.80. The zero-order valence-electron chi connectivity index (χ0n) is 33.6. The van der Waals surface area contributed by atoms with Crippen molar-refractivity contribution in [3.05, 3.63) is 263 Å². The van der Waals surface area contributed by atoms with E-state index in [1.54, 1.807) is 0 Å². The maximum absolute atomic E-state index is 5.43. The van der Waals surface area contributed by atoms with Crippen molar-refractivity contribution < 1.29 is 0 Å². The highest BCUT2D eigenvalue weighted by atomic mass is 15.2. The van der Waals surface area contributed by atoms with Gasteiger partial charge in [0.2, 0.25) is 0 Å². The van der Waals surface area contributed by atoms with Gasteiger partial charge >= 0.3 is 0 Å². The molecular weight excluding hydrogens is 753 g/mol. The molecule has 8 aromatic carbocycles. The lowest BCUT2D eigenvalue weighted by molar-refractivity contribution is 0.751. The number of pyridine rings is 2. The van der Waals surface area contributed by atoms with E-state index in [1.165, 1.54) is 66.8 Å². The van der Waals surface area contributed by atoms with Crippen molar-refractivity contribution in [2.75, 3.05) is 9.80 Å². The van der Waals surface area contributed by atoms with Crippen LogP contribution in [0.4, 0.5) is 34.4 Å². The number of benzene rings is 8. The maximum Gasteiger partial charge on any atom is 0.138 e. The number of rotatable bonds is 2. The Bertz CT molecular complexity index is 3110. The van der Waals surface area contributed by atoms with Gasteiger partial charge in [0, 0.05) is 0 Å². The summed E-state index contributed by atoms with van der Waals surface area (Å²) in [7, 11) is 0. The lowest BCUT2D eigenvalue weighted by Crippen LogP contribution is -2.36. The molecule has 0 fully saturated rings. The predicted molar refractivity (Wildman–Crippen MR) is 251 cm³/mol. The number of anilines is 6. The second kappa shape index (κ2) is 12.2. The van der Waals surface area contributed by atoms with Crippen LogP contribution in [0.3, 0.4) is 0 Å². The van der Waals surface area contributed by atoms with Gasteiger partial charge in [0.1, 0.15) is 11.6 Å². The minimum absolute atomic E-state index is 0.466. The molecule has 4 heteroatoms. The second-order valence-corrected chi connectivity index (χ2v) is 16.8. The van der Waals surface area contributed by atoms with Gasteiger partial charge in [-0.05, 0) is 115 Å². The van der Waals surface area contributed by atoms with Crippen LogP contribution in [-0.2, 0) is 10.8 Å². The molecule has 2 aromatic heterocycles. The van der Waals surface area contributed by atoms with E-state index in [-0.39, 0.29) is 0 Å². The minimum Gasteiger partial charge on any atom is -0.294 e. The molecule has 0 radical (unpaired) electrons. The molecule has 0 amide bonds. The summed E-state index contributed by atoms with van der Waals surface area (Å²) >= 11 is 0. The average molecular weight is 789 g/mol. The first-order valence-corrected chi connectivity index (χ1v) is 21.4. The monoisotopic (exact) mass is 788 g/mol. The quantitative estimate of drug-likeness (QED) is 0.175. The van der Waals surface area contributed by atoms with Gasteiger partial charge in [0.05, 0.1) is 44.6 Å². The minimum atomic E-state index is -0.466. The first-order chi connectivity index (χ1) is 30.8. The van der Waals surface area contributed by atoms with Gasteiger partial charge < -0.3 is 0 Å². The SMILES string of the molecule is c1ccc2c(c1)-c1ccccc1C21c2ccccc2N(c2ccc3nc(N4c5ccccc5C5(c6ccccc6-c6ccccc65)c5ccccc54)ccc3n2)c2ccccc21. The van der Waals surface area contributed by atoms with Crippen molar-refractivity contribution in [3.8, 4) is 22.3 Å². The van der Waals surface area contributed by atoms with Crippen LogP contribution < -0.4 is 9.80 Å². The van der Waals surface area contributed by atoms with E-state index in [1.807, 2.05) is 0 Å². The molecule has 0 unspecified atom stereocenters. The smallest absolute Gasteiger partial charge is 0.138 e. The summed E-state index contributed by atoms with van der Waals surface area (Å²) in [6, 6.07) is 79.9. The highest BCUT2D eigenvalue weighted by Crippen LogP contribution is 2.65. The van der Waals surface area contributed by atoms with Gasteiger partial charge in [-0.2, -0.15) is 0 Å². The van der Waals surface area contributed by atoms with Crippen molar-refractivity contribution in [2.24, 2.45) is 0 Å². The Morgan fingerprint density at radius 2 is 0.484 bits per heavy atom. The van der Waals surface area contributed by atoms with Gasteiger partial charge in [-0.3, -0.25) is 9.80 Å². The fourth-order valence-electron chi connectivity index (χ4n) is 11.9. The van der Waals surface area contributed by atoms with Crippen molar-refractivity contribution in [1.82, 2.24) is 9.97 Å². The van der Waals surface area contributed by atoms with E-state index in [4.69, 9.17) is 9.97 Å². The highest BCUT2D eigenvalue weighted by molar-refractivity contribution is 5.98. The normalized spacial score (nSPS) is 15.0. The van der Waals surface area contributed by atoms with Gasteiger partial charge in [0.15, 0.2) is 0 Å². The van der Waals surface area contributed by atoms with Crippen molar-refractivity contribution >= 4 is 45.4 Å². The third kappa shape index (κ3) is 4.07. The fourth-order valence-corrected chi connectivity index (χ4v) is 11.9. The molecule has 288 valence electrons. The Kier molecular flexibility index (Phi) is 6.66. The van der Waals surface area contributed by atoms with Gasteiger partial charge in [0.25, 0.3) is 0 Å². The Labute approximate surface area is 359 Å². The molecule has 0 saturated carbocycles. The van der Waals surface area contributed by atoms with Crippen LogP contribution >= 0.6 is 0 Å². The first kappa shape index (κ1) is 33.7. The number of hydrogen-bond donors (Lipinski definition) is 0. The molecule has 14 rings (SSSR count). The highest BCUT2D eigenvalue weighted by Gasteiger charge is 2.53. The topological polar surface area (TPSA) is 32.3 Å². The van der Waals surface area contributed by atoms with Gasteiger partial charge in [-0.15, -0.1) is 0 Å². The number of aromatic nitrogens is 2. The van der Waals surface area contributed by atoms with Crippen molar-refractivity contribution in [2.45, 2.75) is 10.8 Å². The van der Waals surface area contributed by atoms with E-state index in [0.29, 0.717) is 0 Å². The molecule has 4 heterocycles. The number of fused-ring (bicyclic) bond motifs is 19. The summed E-state index contributed by atoms with van der Waals surface area (Å²) in [5.74, 6) is 1.71. The zero-order valence-corrected chi connectivity index (χ0v) is 33.6. The van der Waals surface area contributed by atoms with Crippen LogP contribution in [0.2, 0.25) is 0 Å². The van der Waals surface area contributed by atoms with Gasteiger partial charge in [-0.1, -0.05) is 170 Å². The van der Waals surface area contributed by atoms with E-state index in [9.17, 15) is 0 Å². The molecule has 0 N–H and O–H groups in total. The lowest BCUT2D eigenvalue weighted by Gasteiger charge is -2.44. The summed E-state index contributed by atoms with van der Waals surface area (Å²) in [5.41, 5.74) is 20.7. The zero-order chi connectivity index (χ0) is 40.6. The molecule has 4 nitrogen and oxygen atoms in total. The summed E-state index contributed by atoms with van der Waals surface area (Å²) < 4.78 is 0. The van der Waals surface area contributed by atoms with E-state index in [2.05, 4.69) is 228 Å². The summed E-state index contributed by atoms with van der Waals surface area (Å²) in [6.07, 6.45) is 0. The van der Waals surface area contributed by atoms with Crippen LogP contribution in [0.1, 0.15) is 44.5 Å². The van der Waals surface area contributed by atoms with Crippen molar-refractivity contribution in [3.63, 3.8) is 0 Å². The number of nitrogens with zero attached hydrogens (tertiary/aromatic N) is 4. The molecule has 4 aliphatic rings. The number of para-hydroxylation sites is 4. The largest absolute Gasteiger partial charge is 0.294 e.